The van der Waals surface area contributed by atoms with Gasteiger partial charge in [-0.05, 0) is 18.3 Å². The van der Waals surface area contributed by atoms with Crippen LogP contribution >= 0.6 is 0 Å². The zero-order valence-electron chi connectivity index (χ0n) is 12.8. The number of carbonyl (C=O) groups is 1. The van der Waals surface area contributed by atoms with Gasteiger partial charge in [-0.1, -0.05) is 47.5 Å². The van der Waals surface area contributed by atoms with E-state index in [9.17, 15) is 4.79 Å². The summed E-state index contributed by atoms with van der Waals surface area (Å²) < 4.78 is 10.7. The topological polar surface area (TPSA) is 35.5 Å². The molecule has 0 N–H and O–H groups in total. The van der Waals surface area contributed by atoms with Crippen molar-refractivity contribution in [3.63, 3.8) is 0 Å². The van der Waals surface area contributed by atoms with E-state index in [0.717, 1.165) is 25.7 Å². The highest BCUT2D eigenvalue weighted by molar-refractivity contribution is 5.72. The third-order valence-electron chi connectivity index (χ3n) is 2.74. The molecule has 108 valence electrons. The highest BCUT2D eigenvalue weighted by Gasteiger charge is 2.17. The largest absolute Gasteiger partial charge is 0.463 e. The van der Waals surface area contributed by atoms with Crippen molar-refractivity contribution in [3.8, 4) is 0 Å². The number of hydrogen-bond donors (Lipinski definition) is 0. The van der Waals surface area contributed by atoms with Crippen LogP contribution in [0.1, 0.15) is 60.3 Å². The molecule has 0 radical (unpaired) electrons. The van der Waals surface area contributed by atoms with E-state index >= 15 is 0 Å². The number of unbranched alkanes of at least 4 members (excludes halogenated alkanes) is 1. The first-order chi connectivity index (χ1) is 8.40. The van der Waals surface area contributed by atoms with E-state index in [1.807, 2.05) is 6.92 Å². The van der Waals surface area contributed by atoms with Crippen LogP contribution in [0.4, 0.5) is 0 Å². The van der Waals surface area contributed by atoms with E-state index in [1.54, 1.807) is 0 Å². The molecule has 0 aromatic rings. The molecule has 1 atom stereocenters. The van der Waals surface area contributed by atoms with Gasteiger partial charge in [0.1, 0.15) is 6.61 Å². The van der Waals surface area contributed by atoms with Crippen LogP contribution in [-0.4, -0.2) is 25.8 Å². The van der Waals surface area contributed by atoms with E-state index in [0.29, 0.717) is 19.8 Å². The van der Waals surface area contributed by atoms with Gasteiger partial charge in [0.15, 0.2) is 0 Å². The Morgan fingerprint density at radius 3 is 2.33 bits per heavy atom. The zero-order chi connectivity index (χ0) is 14.0. The standard InChI is InChI=1S/C15H30O3/c1-6-8-9-13(7-2)14(16)18-11-10-17-12-15(3,4)5/h13H,6-12H2,1-5H3. The van der Waals surface area contributed by atoms with E-state index in [2.05, 4.69) is 27.7 Å². The predicted molar refractivity (Wildman–Crippen MR) is 74.5 cm³/mol. The van der Waals surface area contributed by atoms with Gasteiger partial charge in [0.05, 0.1) is 19.1 Å². The summed E-state index contributed by atoms with van der Waals surface area (Å²) in [6, 6.07) is 0. The Balaban J connectivity index is 3.68. The summed E-state index contributed by atoms with van der Waals surface area (Å²) in [6.07, 6.45) is 4.02. The lowest BCUT2D eigenvalue weighted by Gasteiger charge is -2.18. The summed E-state index contributed by atoms with van der Waals surface area (Å²) in [5, 5.41) is 0. The molecule has 0 aliphatic carbocycles. The van der Waals surface area contributed by atoms with Crippen molar-refractivity contribution < 1.29 is 14.3 Å². The quantitative estimate of drug-likeness (QED) is 0.466. The van der Waals surface area contributed by atoms with E-state index in [-0.39, 0.29) is 17.3 Å². The van der Waals surface area contributed by atoms with Crippen LogP contribution in [0.25, 0.3) is 0 Å². The van der Waals surface area contributed by atoms with Gasteiger partial charge in [-0.3, -0.25) is 4.79 Å². The summed E-state index contributed by atoms with van der Waals surface area (Å²) in [7, 11) is 0. The predicted octanol–water partition coefficient (Wildman–Crippen LogP) is 3.81. The molecule has 0 amide bonds. The maximum absolute atomic E-state index is 11.8. The van der Waals surface area contributed by atoms with Gasteiger partial charge in [-0.15, -0.1) is 0 Å². The van der Waals surface area contributed by atoms with Gasteiger partial charge in [-0.25, -0.2) is 0 Å². The molecular weight excluding hydrogens is 228 g/mol. The Kier molecular flexibility index (Phi) is 9.08. The number of hydrogen-bond acceptors (Lipinski definition) is 3. The molecule has 0 spiro atoms. The van der Waals surface area contributed by atoms with Gasteiger partial charge >= 0.3 is 5.97 Å². The highest BCUT2D eigenvalue weighted by atomic mass is 16.6. The minimum Gasteiger partial charge on any atom is -0.463 e. The Hall–Kier alpha value is -0.570. The van der Waals surface area contributed by atoms with Crippen LogP contribution < -0.4 is 0 Å². The van der Waals surface area contributed by atoms with Gasteiger partial charge in [0, 0.05) is 0 Å². The Bertz CT molecular complexity index is 218. The summed E-state index contributed by atoms with van der Waals surface area (Å²) >= 11 is 0. The van der Waals surface area contributed by atoms with Crippen molar-refractivity contribution in [1.82, 2.24) is 0 Å². The molecule has 0 rings (SSSR count). The summed E-state index contributed by atoms with van der Waals surface area (Å²) in [6.45, 7) is 12.1. The SMILES string of the molecule is CCCCC(CC)C(=O)OCCOCC(C)(C)C. The maximum Gasteiger partial charge on any atom is 0.308 e. The van der Waals surface area contributed by atoms with Gasteiger partial charge < -0.3 is 9.47 Å². The van der Waals surface area contributed by atoms with Crippen LogP contribution in [0.5, 0.6) is 0 Å². The van der Waals surface area contributed by atoms with Crippen molar-refractivity contribution in [2.24, 2.45) is 11.3 Å². The third-order valence-corrected chi connectivity index (χ3v) is 2.74. The van der Waals surface area contributed by atoms with Crippen LogP contribution in [-0.2, 0) is 14.3 Å². The zero-order valence-corrected chi connectivity index (χ0v) is 12.8. The second kappa shape index (κ2) is 9.37. The van der Waals surface area contributed by atoms with Crippen molar-refractivity contribution in [2.75, 3.05) is 19.8 Å². The number of rotatable bonds is 9. The van der Waals surface area contributed by atoms with Crippen LogP contribution in [0.2, 0.25) is 0 Å². The van der Waals surface area contributed by atoms with Crippen molar-refractivity contribution >= 4 is 5.97 Å². The van der Waals surface area contributed by atoms with Crippen LogP contribution in [0, 0.1) is 11.3 Å². The smallest absolute Gasteiger partial charge is 0.308 e. The summed E-state index contributed by atoms with van der Waals surface area (Å²) in [4.78, 5) is 11.8. The van der Waals surface area contributed by atoms with Gasteiger partial charge in [0.25, 0.3) is 0 Å². The lowest BCUT2D eigenvalue weighted by atomic mass is 9.99. The molecule has 0 aromatic heterocycles. The first-order valence-electron chi connectivity index (χ1n) is 7.15. The Morgan fingerprint density at radius 2 is 1.83 bits per heavy atom. The fourth-order valence-corrected chi connectivity index (χ4v) is 1.64. The molecule has 0 aliphatic heterocycles. The second-order valence-electron chi connectivity index (χ2n) is 6.03. The van der Waals surface area contributed by atoms with Gasteiger partial charge in [-0.2, -0.15) is 0 Å². The Labute approximate surface area is 112 Å². The molecule has 3 heteroatoms. The molecule has 1 unspecified atom stereocenters. The molecule has 0 saturated heterocycles. The molecular formula is C15H30O3. The van der Waals surface area contributed by atoms with Crippen molar-refractivity contribution in [2.45, 2.75) is 60.3 Å². The maximum atomic E-state index is 11.8. The molecule has 3 nitrogen and oxygen atoms in total. The van der Waals surface area contributed by atoms with E-state index in [4.69, 9.17) is 9.47 Å². The lowest BCUT2D eigenvalue weighted by molar-refractivity contribution is -0.150. The number of carbonyl (C=O) groups excluding carboxylic acids is 1. The molecule has 0 fully saturated rings. The van der Waals surface area contributed by atoms with Crippen LogP contribution in [0.3, 0.4) is 0 Å². The van der Waals surface area contributed by atoms with E-state index < -0.39 is 0 Å². The summed E-state index contributed by atoms with van der Waals surface area (Å²) in [5.41, 5.74) is 0.164. The highest BCUT2D eigenvalue weighted by Crippen LogP contribution is 2.15. The minimum absolute atomic E-state index is 0.0626. The molecule has 0 aromatic carbocycles. The average Bonchev–Trinajstić information content (AvgIpc) is 2.28. The first kappa shape index (κ1) is 17.4. The fourth-order valence-electron chi connectivity index (χ4n) is 1.64. The molecule has 0 saturated carbocycles. The molecule has 0 aliphatic rings. The summed E-state index contributed by atoms with van der Waals surface area (Å²) in [5.74, 6) is -0.00197. The lowest BCUT2D eigenvalue weighted by Crippen LogP contribution is -2.21. The van der Waals surface area contributed by atoms with Crippen LogP contribution in [0.15, 0.2) is 0 Å². The normalized spacial score (nSPS) is 13.4. The second-order valence-corrected chi connectivity index (χ2v) is 6.03. The number of ether oxygens (including phenoxy) is 2. The average molecular weight is 258 g/mol. The first-order valence-corrected chi connectivity index (χ1v) is 7.15. The number of esters is 1. The fraction of sp³-hybridized carbons (Fsp3) is 0.933. The molecule has 18 heavy (non-hydrogen) atoms. The minimum atomic E-state index is -0.0645. The monoisotopic (exact) mass is 258 g/mol. The molecule has 0 bridgehead atoms. The van der Waals surface area contributed by atoms with E-state index in [1.165, 1.54) is 0 Å². The van der Waals surface area contributed by atoms with Crippen molar-refractivity contribution in [1.29, 1.82) is 0 Å². The Morgan fingerprint density at radius 1 is 1.17 bits per heavy atom. The van der Waals surface area contributed by atoms with Gasteiger partial charge in [0.2, 0.25) is 0 Å². The van der Waals surface area contributed by atoms with Crippen molar-refractivity contribution in [3.05, 3.63) is 0 Å². The third kappa shape index (κ3) is 9.46. The molecule has 0 heterocycles.